The molecule has 2 atom stereocenters. The summed E-state index contributed by atoms with van der Waals surface area (Å²) in [6.07, 6.45) is 4.08. The number of hydrogen-bond acceptors (Lipinski definition) is 6. The van der Waals surface area contributed by atoms with Crippen molar-refractivity contribution in [1.29, 1.82) is 0 Å². The Morgan fingerprint density at radius 1 is 1.09 bits per heavy atom. The Morgan fingerprint density at radius 3 is 2.51 bits per heavy atom. The molecule has 3 heterocycles. The molecule has 186 valence electrons. The third kappa shape index (κ3) is 3.92. The summed E-state index contributed by atoms with van der Waals surface area (Å²) in [5.74, 6) is 0.931. The molecule has 5 rings (SSSR count). The minimum absolute atomic E-state index is 0.162. The predicted molar refractivity (Wildman–Crippen MR) is 135 cm³/mol. The summed E-state index contributed by atoms with van der Waals surface area (Å²) < 4.78 is 22.3. The Morgan fingerprint density at radius 2 is 1.83 bits per heavy atom. The fourth-order valence-corrected chi connectivity index (χ4v) is 6.11. The second kappa shape index (κ2) is 9.46. The molecule has 1 saturated heterocycles. The van der Waals surface area contributed by atoms with Gasteiger partial charge in [-0.1, -0.05) is 25.1 Å². The highest BCUT2D eigenvalue weighted by atomic mass is 16.5. The highest BCUT2D eigenvalue weighted by Crippen LogP contribution is 2.51. The number of piperidine rings is 1. The fourth-order valence-electron chi connectivity index (χ4n) is 6.11. The van der Waals surface area contributed by atoms with Crippen LogP contribution in [0.4, 0.5) is 0 Å². The summed E-state index contributed by atoms with van der Waals surface area (Å²) in [5, 5.41) is 1.31. The van der Waals surface area contributed by atoms with Crippen LogP contribution < -0.4 is 14.2 Å². The number of esters is 1. The molecule has 3 aromatic rings. The van der Waals surface area contributed by atoms with E-state index in [-0.39, 0.29) is 17.4 Å². The number of aromatic amines is 1. The number of fused-ring (bicyclic) bond motifs is 5. The van der Waals surface area contributed by atoms with Crippen LogP contribution in [0.3, 0.4) is 0 Å². The van der Waals surface area contributed by atoms with Crippen LogP contribution in [-0.2, 0) is 11.2 Å². The van der Waals surface area contributed by atoms with Gasteiger partial charge in [0.15, 0.2) is 11.5 Å². The highest BCUT2D eigenvalue weighted by molar-refractivity contribution is 5.91. The Balaban J connectivity index is 1.45. The number of rotatable bonds is 7. The first-order valence-electron chi connectivity index (χ1n) is 12.4. The smallest absolute Gasteiger partial charge is 0.338 e. The minimum Gasteiger partial charge on any atom is -0.493 e. The summed E-state index contributed by atoms with van der Waals surface area (Å²) in [7, 11) is 4.62. The van der Waals surface area contributed by atoms with Crippen LogP contribution in [0.5, 0.6) is 17.2 Å². The number of benzene rings is 2. The van der Waals surface area contributed by atoms with Crippen LogP contribution >= 0.6 is 0 Å². The summed E-state index contributed by atoms with van der Waals surface area (Å²) in [4.78, 5) is 19.6. The van der Waals surface area contributed by atoms with Gasteiger partial charge in [0.05, 0.1) is 39.5 Å². The van der Waals surface area contributed by atoms with E-state index in [0.29, 0.717) is 29.4 Å². The third-order valence-corrected chi connectivity index (χ3v) is 7.93. The van der Waals surface area contributed by atoms with Gasteiger partial charge < -0.3 is 23.9 Å². The maximum Gasteiger partial charge on any atom is 0.338 e. The van der Waals surface area contributed by atoms with Crippen molar-refractivity contribution < 1.29 is 23.7 Å². The van der Waals surface area contributed by atoms with Gasteiger partial charge in [-0.3, -0.25) is 4.90 Å². The lowest BCUT2D eigenvalue weighted by Gasteiger charge is -2.51. The fraction of sp³-hybridized carbons (Fsp3) is 0.464. The van der Waals surface area contributed by atoms with Crippen molar-refractivity contribution in [1.82, 2.24) is 9.88 Å². The van der Waals surface area contributed by atoms with Crippen molar-refractivity contribution in [3.8, 4) is 17.2 Å². The molecule has 0 spiro atoms. The van der Waals surface area contributed by atoms with Crippen molar-refractivity contribution in [2.45, 2.75) is 38.6 Å². The molecule has 35 heavy (non-hydrogen) atoms. The van der Waals surface area contributed by atoms with Crippen molar-refractivity contribution in [3.63, 3.8) is 0 Å². The van der Waals surface area contributed by atoms with Crippen molar-refractivity contribution in [2.24, 2.45) is 5.41 Å². The summed E-state index contributed by atoms with van der Waals surface area (Å²) in [6, 6.07) is 12.0. The van der Waals surface area contributed by atoms with E-state index in [1.165, 1.54) is 36.4 Å². The molecular formula is C28H34N2O5. The molecule has 1 fully saturated rings. The number of hydrogen-bond donors (Lipinski definition) is 1. The molecule has 2 aromatic carbocycles. The van der Waals surface area contributed by atoms with E-state index in [9.17, 15) is 4.79 Å². The summed E-state index contributed by atoms with van der Waals surface area (Å²) in [6.45, 7) is 4.67. The van der Waals surface area contributed by atoms with Gasteiger partial charge in [-0.25, -0.2) is 4.79 Å². The highest BCUT2D eigenvalue weighted by Gasteiger charge is 2.48. The number of carbonyl (C=O) groups excluding carboxylic acids is 1. The SMILES string of the molecule is CCC1(COC(=O)c2cc(OC)c(OC)c(OC)c2)CCCN2CCc3c([nH]c4ccccc34)C21. The van der Waals surface area contributed by atoms with Gasteiger partial charge in [-0.05, 0) is 56.0 Å². The number of nitrogens with zero attached hydrogens (tertiary/aromatic N) is 1. The molecule has 7 heteroatoms. The monoisotopic (exact) mass is 478 g/mol. The predicted octanol–water partition coefficient (Wildman–Crippen LogP) is 5.14. The minimum atomic E-state index is -0.387. The van der Waals surface area contributed by atoms with Gasteiger partial charge in [0.1, 0.15) is 0 Å². The topological polar surface area (TPSA) is 73.0 Å². The van der Waals surface area contributed by atoms with E-state index < -0.39 is 0 Å². The zero-order chi connectivity index (χ0) is 24.6. The van der Waals surface area contributed by atoms with Gasteiger partial charge in [0.2, 0.25) is 5.75 Å². The largest absolute Gasteiger partial charge is 0.493 e. The number of ether oxygens (including phenoxy) is 4. The summed E-state index contributed by atoms with van der Waals surface area (Å²) in [5.41, 5.74) is 4.11. The molecule has 1 N–H and O–H groups in total. The molecule has 0 aliphatic carbocycles. The number of aromatic nitrogens is 1. The van der Waals surface area contributed by atoms with E-state index in [0.717, 1.165) is 38.8 Å². The number of para-hydroxylation sites is 1. The summed E-state index contributed by atoms with van der Waals surface area (Å²) >= 11 is 0. The second-order valence-corrected chi connectivity index (χ2v) is 9.56. The molecule has 1 aromatic heterocycles. The van der Waals surface area contributed by atoms with Crippen molar-refractivity contribution in [3.05, 3.63) is 53.2 Å². The lowest BCUT2D eigenvalue weighted by Crippen LogP contribution is -2.51. The average molecular weight is 479 g/mol. The van der Waals surface area contributed by atoms with Gasteiger partial charge in [0, 0.05) is 28.6 Å². The van der Waals surface area contributed by atoms with Crippen LogP contribution in [0.1, 0.15) is 53.8 Å². The molecule has 7 nitrogen and oxygen atoms in total. The average Bonchev–Trinajstić information content (AvgIpc) is 3.29. The number of methoxy groups -OCH3 is 3. The lowest BCUT2D eigenvalue weighted by atomic mass is 9.68. The van der Waals surface area contributed by atoms with Crippen LogP contribution in [0.2, 0.25) is 0 Å². The van der Waals surface area contributed by atoms with E-state index in [2.05, 4.69) is 41.1 Å². The Kier molecular flexibility index (Phi) is 6.36. The van der Waals surface area contributed by atoms with Crippen LogP contribution in [0.25, 0.3) is 10.9 Å². The van der Waals surface area contributed by atoms with E-state index in [1.54, 1.807) is 19.2 Å². The normalized spacial score (nSPS) is 21.8. The second-order valence-electron chi connectivity index (χ2n) is 9.56. The Labute approximate surface area is 206 Å². The first-order chi connectivity index (χ1) is 17.0. The first-order valence-corrected chi connectivity index (χ1v) is 12.4. The van der Waals surface area contributed by atoms with E-state index in [1.807, 2.05) is 0 Å². The quantitative estimate of drug-likeness (QED) is 0.474. The first kappa shape index (κ1) is 23.5. The van der Waals surface area contributed by atoms with Gasteiger partial charge in [-0.15, -0.1) is 0 Å². The van der Waals surface area contributed by atoms with Crippen LogP contribution in [-0.4, -0.2) is 56.9 Å². The molecule has 2 unspecified atom stereocenters. The van der Waals surface area contributed by atoms with E-state index in [4.69, 9.17) is 18.9 Å². The maximum atomic E-state index is 13.2. The zero-order valence-corrected chi connectivity index (χ0v) is 21.0. The molecule has 0 amide bonds. The van der Waals surface area contributed by atoms with Gasteiger partial charge in [0.25, 0.3) is 0 Å². The van der Waals surface area contributed by atoms with Gasteiger partial charge in [-0.2, -0.15) is 0 Å². The Hall–Kier alpha value is -3.19. The van der Waals surface area contributed by atoms with Crippen LogP contribution in [0.15, 0.2) is 36.4 Å². The molecule has 2 aliphatic rings. The lowest BCUT2D eigenvalue weighted by molar-refractivity contribution is -0.0484. The Bertz CT molecular complexity index is 1210. The molecular weight excluding hydrogens is 444 g/mol. The standard InChI is InChI=1S/C28H34N2O5/c1-5-28(17-35-27(31)18-15-22(32-2)25(34-4)23(16-18)33-3)12-8-13-30-14-11-20-19-9-6-7-10-21(19)29-24(20)26(28)30/h6-7,9-10,15-16,26,29H,5,8,11-14,17H2,1-4H3. The molecule has 0 radical (unpaired) electrons. The van der Waals surface area contributed by atoms with Crippen molar-refractivity contribution >= 4 is 16.9 Å². The van der Waals surface area contributed by atoms with E-state index >= 15 is 0 Å². The van der Waals surface area contributed by atoms with Crippen molar-refractivity contribution in [2.75, 3.05) is 41.0 Å². The van der Waals surface area contributed by atoms with Crippen LogP contribution in [0, 0.1) is 5.41 Å². The molecule has 2 aliphatic heterocycles. The number of H-pyrrole nitrogens is 1. The maximum absolute atomic E-state index is 13.2. The number of carbonyl (C=O) groups is 1. The third-order valence-electron chi connectivity index (χ3n) is 7.93. The zero-order valence-electron chi connectivity index (χ0n) is 21.0. The van der Waals surface area contributed by atoms with Gasteiger partial charge >= 0.3 is 5.97 Å². The number of nitrogens with one attached hydrogen (secondary N) is 1. The molecule has 0 bridgehead atoms. The molecule has 0 saturated carbocycles.